The van der Waals surface area contributed by atoms with E-state index in [0.717, 1.165) is 52.1 Å². The molecule has 4 rings (SSSR count). The third-order valence-electron chi connectivity index (χ3n) is 5.56. The average Bonchev–Trinajstić information content (AvgIpc) is 2.75. The molecule has 0 aliphatic heterocycles. The number of anilines is 1. The number of rotatable bonds is 6. The molecule has 3 aromatic heterocycles. The van der Waals surface area contributed by atoms with Gasteiger partial charge in [-0.25, -0.2) is 4.98 Å². The van der Waals surface area contributed by atoms with E-state index in [1.54, 1.807) is 12.4 Å². The summed E-state index contributed by atoms with van der Waals surface area (Å²) in [7, 11) is 0. The standard InChI is InChI=1S/C23H25BrClN5/c24-17-8-16(11-27-13-17)12-29-23-3-1-2-22(30-23)20-10-19(28-14-21(20)25)9-15-4-6-18(26)7-5-15/h1-3,8,10-11,13-15,18H,4-7,9,12,26H2,(H,29,30). The Bertz CT molecular complexity index is 1000. The van der Waals surface area contributed by atoms with Gasteiger partial charge >= 0.3 is 0 Å². The summed E-state index contributed by atoms with van der Waals surface area (Å²) < 4.78 is 0.958. The SMILES string of the molecule is NC1CCC(Cc2cc(-c3cccc(NCc4cncc(Br)c4)n3)c(Cl)cn2)CC1. The van der Waals surface area contributed by atoms with Gasteiger partial charge in [0.05, 0.1) is 10.7 Å². The lowest BCUT2D eigenvalue weighted by Crippen LogP contribution is -2.27. The normalized spacial score (nSPS) is 18.9. The number of hydrogen-bond acceptors (Lipinski definition) is 5. The van der Waals surface area contributed by atoms with Gasteiger partial charge in [0.2, 0.25) is 0 Å². The molecule has 0 saturated heterocycles. The Kier molecular flexibility index (Phi) is 6.97. The zero-order valence-corrected chi connectivity index (χ0v) is 19.0. The summed E-state index contributed by atoms with van der Waals surface area (Å²) >= 11 is 9.93. The number of hydrogen-bond donors (Lipinski definition) is 2. The minimum Gasteiger partial charge on any atom is -0.366 e. The topological polar surface area (TPSA) is 76.7 Å². The lowest BCUT2D eigenvalue weighted by Gasteiger charge is -2.25. The molecular formula is C23H25BrClN5. The monoisotopic (exact) mass is 485 g/mol. The second kappa shape index (κ2) is 9.86. The second-order valence-electron chi connectivity index (χ2n) is 7.91. The van der Waals surface area contributed by atoms with Gasteiger partial charge in [-0.15, -0.1) is 0 Å². The molecule has 3 heterocycles. The molecule has 0 aromatic carbocycles. The number of nitrogens with one attached hydrogen (secondary N) is 1. The van der Waals surface area contributed by atoms with Crippen LogP contribution in [0.15, 0.2) is 53.4 Å². The van der Waals surface area contributed by atoms with Crippen LogP contribution in [0.3, 0.4) is 0 Å². The highest BCUT2D eigenvalue weighted by molar-refractivity contribution is 9.10. The van der Waals surface area contributed by atoms with Crippen molar-refractivity contribution in [3.63, 3.8) is 0 Å². The highest BCUT2D eigenvalue weighted by atomic mass is 79.9. The lowest BCUT2D eigenvalue weighted by atomic mass is 9.83. The van der Waals surface area contributed by atoms with Crippen molar-refractivity contribution >= 4 is 33.3 Å². The van der Waals surface area contributed by atoms with Crippen molar-refractivity contribution in [3.05, 3.63) is 69.7 Å². The van der Waals surface area contributed by atoms with Gasteiger partial charge in [-0.2, -0.15) is 0 Å². The quantitative estimate of drug-likeness (QED) is 0.472. The zero-order valence-electron chi connectivity index (χ0n) is 16.7. The summed E-state index contributed by atoms with van der Waals surface area (Å²) in [5.74, 6) is 1.44. The fourth-order valence-corrected chi connectivity index (χ4v) is 4.52. The van der Waals surface area contributed by atoms with Crippen LogP contribution in [0.1, 0.15) is 36.9 Å². The Hall–Kier alpha value is -2.02. The number of nitrogens with zero attached hydrogens (tertiary/aromatic N) is 3. The smallest absolute Gasteiger partial charge is 0.126 e. The number of aromatic nitrogens is 3. The van der Waals surface area contributed by atoms with Crippen LogP contribution in [0.4, 0.5) is 5.82 Å². The van der Waals surface area contributed by atoms with Crippen molar-refractivity contribution < 1.29 is 0 Å². The summed E-state index contributed by atoms with van der Waals surface area (Å²) in [6.07, 6.45) is 10.9. The summed E-state index contributed by atoms with van der Waals surface area (Å²) in [6, 6.07) is 10.4. The predicted molar refractivity (Wildman–Crippen MR) is 125 cm³/mol. The van der Waals surface area contributed by atoms with Crippen LogP contribution >= 0.6 is 27.5 Å². The van der Waals surface area contributed by atoms with Gasteiger partial charge in [-0.3, -0.25) is 9.97 Å². The van der Waals surface area contributed by atoms with E-state index in [0.29, 0.717) is 23.5 Å². The van der Waals surface area contributed by atoms with Gasteiger partial charge < -0.3 is 11.1 Å². The maximum absolute atomic E-state index is 6.48. The molecule has 0 bridgehead atoms. The van der Waals surface area contributed by atoms with E-state index in [-0.39, 0.29) is 0 Å². The lowest BCUT2D eigenvalue weighted by molar-refractivity contribution is 0.323. The molecule has 0 spiro atoms. The van der Waals surface area contributed by atoms with E-state index in [4.69, 9.17) is 22.3 Å². The number of pyridine rings is 3. The summed E-state index contributed by atoms with van der Waals surface area (Å²) in [5, 5.41) is 3.98. The van der Waals surface area contributed by atoms with Crippen LogP contribution in [0, 0.1) is 5.92 Å². The Morgan fingerprint density at radius 1 is 1.10 bits per heavy atom. The van der Waals surface area contributed by atoms with Gasteiger partial charge in [-0.1, -0.05) is 17.7 Å². The zero-order chi connectivity index (χ0) is 20.9. The molecule has 156 valence electrons. The molecule has 1 saturated carbocycles. The predicted octanol–water partition coefficient (Wildman–Crippen LogP) is 5.63. The van der Waals surface area contributed by atoms with E-state index in [2.05, 4.69) is 37.3 Å². The molecule has 30 heavy (non-hydrogen) atoms. The minimum atomic E-state index is 0.363. The highest BCUT2D eigenvalue weighted by Crippen LogP contribution is 2.30. The first kappa shape index (κ1) is 21.2. The first-order valence-corrected chi connectivity index (χ1v) is 11.4. The third-order valence-corrected chi connectivity index (χ3v) is 6.30. The van der Waals surface area contributed by atoms with Gasteiger partial charge in [-0.05, 0) is 83.8 Å². The summed E-state index contributed by atoms with van der Waals surface area (Å²) in [6.45, 7) is 0.641. The fraction of sp³-hybridized carbons (Fsp3) is 0.348. The Labute approximate surface area is 190 Å². The number of halogens is 2. The van der Waals surface area contributed by atoms with E-state index < -0.39 is 0 Å². The van der Waals surface area contributed by atoms with Gasteiger partial charge in [0, 0.05) is 46.9 Å². The molecule has 0 radical (unpaired) electrons. The fourth-order valence-electron chi connectivity index (χ4n) is 3.91. The molecule has 0 amide bonds. The molecule has 3 aromatic rings. The van der Waals surface area contributed by atoms with Crippen molar-refractivity contribution in [3.8, 4) is 11.3 Å². The summed E-state index contributed by atoms with van der Waals surface area (Å²) in [4.78, 5) is 13.5. The molecule has 0 unspecified atom stereocenters. The molecule has 1 aliphatic rings. The molecule has 7 heteroatoms. The summed E-state index contributed by atoms with van der Waals surface area (Å²) in [5.41, 5.74) is 9.94. The largest absolute Gasteiger partial charge is 0.366 e. The molecule has 1 aliphatic carbocycles. The van der Waals surface area contributed by atoms with E-state index in [1.807, 2.05) is 30.5 Å². The van der Waals surface area contributed by atoms with Crippen LogP contribution in [0.25, 0.3) is 11.3 Å². The van der Waals surface area contributed by atoms with E-state index in [9.17, 15) is 0 Å². The van der Waals surface area contributed by atoms with Crippen LogP contribution in [0.5, 0.6) is 0 Å². The molecule has 0 atom stereocenters. The molecule has 1 fully saturated rings. The van der Waals surface area contributed by atoms with Crippen LogP contribution in [-0.2, 0) is 13.0 Å². The maximum atomic E-state index is 6.48. The second-order valence-corrected chi connectivity index (χ2v) is 9.24. The Morgan fingerprint density at radius 3 is 2.73 bits per heavy atom. The van der Waals surface area contributed by atoms with Crippen LogP contribution in [-0.4, -0.2) is 21.0 Å². The Morgan fingerprint density at radius 2 is 1.93 bits per heavy atom. The third kappa shape index (κ3) is 5.56. The van der Waals surface area contributed by atoms with Crippen molar-refractivity contribution in [1.29, 1.82) is 0 Å². The first-order valence-electron chi connectivity index (χ1n) is 10.3. The minimum absolute atomic E-state index is 0.363. The van der Waals surface area contributed by atoms with Crippen LogP contribution < -0.4 is 11.1 Å². The van der Waals surface area contributed by atoms with Gasteiger partial charge in [0.25, 0.3) is 0 Å². The molecular weight excluding hydrogens is 462 g/mol. The van der Waals surface area contributed by atoms with Gasteiger partial charge in [0.15, 0.2) is 0 Å². The Balaban J connectivity index is 1.48. The first-order chi connectivity index (χ1) is 14.6. The van der Waals surface area contributed by atoms with E-state index >= 15 is 0 Å². The van der Waals surface area contributed by atoms with Crippen molar-refractivity contribution in [2.75, 3.05) is 5.32 Å². The number of nitrogens with two attached hydrogens (primary N) is 1. The van der Waals surface area contributed by atoms with Crippen LogP contribution in [0.2, 0.25) is 5.02 Å². The van der Waals surface area contributed by atoms with Gasteiger partial charge in [0.1, 0.15) is 5.82 Å². The van der Waals surface area contributed by atoms with Crippen molar-refractivity contribution in [2.24, 2.45) is 11.7 Å². The van der Waals surface area contributed by atoms with Crippen molar-refractivity contribution in [1.82, 2.24) is 15.0 Å². The highest BCUT2D eigenvalue weighted by Gasteiger charge is 2.20. The van der Waals surface area contributed by atoms with E-state index in [1.165, 1.54) is 12.8 Å². The maximum Gasteiger partial charge on any atom is 0.126 e. The molecule has 5 nitrogen and oxygen atoms in total. The van der Waals surface area contributed by atoms with Crippen molar-refractivity contribution in [2.45, 2.75) is 44.7 Å². The average molecular weight is 487 g/mol. The molecule has 3 N–H and O–H groups in total.